The van der Waals surface area contributed by atoms with E-state index >= 15 is 0 Å². The molecular formula is C14H17Cl3N2O4. The number of rotatable bonds is 8. The summed E-state index contributed by atoms with van der Waals surface area (Å²) in [7, 11) is 0. The second-order valence-corrected chi connectivity index (χ2v) is 7.19. The fourth-order valence-electron chi connectivity index (χ4n) is 1.74. The Morgan fingerprint density at radius 2 is 2.09 bits per heavy atom. The van der Waals surface area contributed by atoms with Crippen molar-refractivity contribution in [2.45, 2.75) is 42.6 Å². The molecule has 1 aromatic rings. The first-order valence-electron chi connectivity index (χ1n) is 7.01. The maximum atomic E-state index is 11.9. The van der Waals surface area contributed by atoms with Crippen LogP contribution >= 0.6 is 34.8 Å². The van der Waals surface area contributed by atoms with Crippen LogP contribution < -0.4 is 10.1 Å². The third kappa shape index (κ3) is 7.24. The number of ether oxygens (including phenoxy) is 1. The van der Waals surface area contributed by atoms with Crippen LogP contribution in [0, 0.1) is 10.1 Å². The van der Waals surface area contributed by atoms with E-state index in [0.29, 0.717) is 6.42 Å². The van der Waals surface area contributed by atoms with Crippen LogP contribution in [0.25, 0.3) is 0 Å². The standard InChI is InChI=1S/C14H17Cl3N2O4/c1-2-3-4-8-12(20)18-13(14(15,16)17)23-11-7-5-6-10(9-11)19(21)22/h5-7,9,13H,2-4,8H2,1H3,(H,18,20)/t13-/m1/s1. The van der Waals surface area contributed by atoms with E-state index in [-0.39, 0.29) is 23.8 Å². The number of carbonyl (C=O) groups excluding carboxylic acids is 1. The highest BCUT2D eigenvalue weighted by molar-refractivity contribution is 6.68. The third-order valence-electron chi connectivity index (χ3n) is 2.88. The average molecular weight is 384 g/mol. The molecule has 1 rings (SSSR count). The van der Waals surface area contributed by atoms with E-state index in [0.717, 1.165) is 12.8 Å². The summed E-state index contributed by atoms with van der Waals surface area (Å²) in [6.45, 7) is 2.02. The molecular weight excluding hydrogens is 367 g/mol. The molecule has 9 heteroatoms. The molecule has 128 valence electrons. The number of amides is 1. The van der Waals surface area contributed by atoms with Crippen LogP contribution in [0.3, 0.4) is 0 Å². The average Bonchev–Trinajstić information content (AvgIpc) is 2.46. The van der Waals surface area contributed by atoms with Gasteiger partial charge in [-0.05, 0) is 12.5 Å². The molecule has 0 radical (unpaired) electrons. The van der Waals surface area contributed by atoms with E-state index in [9.17, 15) is 14.9 Å². The number of hydrogen-bond donors (Lipinski definition) is 1. The lowest BCUT2D eigenvalue weighted by Gasteiger charge is -2.26. The van der Waals surface area contributed by atoms with Gasteiger partial charge in [-0.15, -0.1) is 0 Å². The first-order chi connectivity index (χ1) is 10.7. The first-order valence-corrected chi connectivity index (χ1v) is 8.14. The van der Waals surface area contributed by atoms with E-state index in [2.05, 4.69) is 5.32 Å². The summed E-state index contributed by atoms with van der Waals surface area (Å²) in [5.74, 6) is -0.204. The van der Waals surface area contributed by atoms with Crippen LogP contribution in [0.5, 0.6) is 5.75 Å². The number of unbranched alkanes of at least 4 members (excludes halogenated alkanes) is 2. The number of nitrogens with one attached hydrogen (secondary N) is 1. The maximum Gasteiger partial charge on any atom is 0.273 e. The zero-order chi connectivity index (χ0) is 17.5. The van der Waals surface area contributed by atoms with Crippen molar-refractivity contribution in [2.75, 3.05) is 0 Å². The van der Waals surface area contributed by atoms with Gasteiger partial charge in [-0.25, -0.2) is 0 Å². The van der Waals surface area contributed by atoms with Crippen LogP contribution in [-0.4, -0.2) is 20.9 Å². The minimum Gasteiger partial charge on any atom is -0.466 e. The summed E-state index contributed by atoms with van der Waals surface area (Å²) >= 11 is 17.4. The molecule has 1 N–H and O–H groups in total. The molecule has 0 aliphatic rings. The molecule has 0 heterocycles. The molecule has 0 saturated carbocycles. The molecule has 23 heavy (non-hydrogen) atoms. The molecule has 0 bridgehead atoms. The van der Waals surface area contributed by atoms with Crippen LogP contribution in [0.2, 0.25) is 0 Å². The predicted molar refractivity (Wildman–Crippen MR) is 90.1 cm³/mol. The van der Waals surface area contributed by atoms with Crippen molar-refractivity contribution >= 4 is 46.4 Å². The quantitative estimate of drug-likeness (QED) is 0.238. The first kappa shape index (κ1) is 19.8. The number of alkyl halides is 3. The number of carbonyl (C=O) groups is 1. The molecule has 1 atom stereocenters. The van der Waals surface area contributed by atoms with Gasteiger partial charge in [-0.3, -0.25) is 14.9 Å². The van der Waals surface area contributed by atoms with Crippen LogP contribution in [0.4, 0.5) is 5.69 Å². The highest BCUT2D eigenvalue weighted by Crippen LogP contribution is 2.32. The lowest BCUT2D eigenvalue weighted by Crippen LogP contribution is -2.47. The number of non-ortho nitro benzene ring substituents is 1. The summed E-state index contributed by atoms with van der Waals surface area (Å²) in [6, 6.07) is 5.40. The second kappa shape index (κ2) is 9.15. The van der Waals surface area contributed by atoms with Crippen molar-refractivity contribution in [3.8, 4) is 5.75 Å². The van der Waals surface area contributed by atoms with Gasteiger partial charge < -0.3 is 10.1 Å². The van der Waals surface area contributed by atoms with E-state index < -0.39 is 14.9 Å². The van der Waals surface area contributed by atoms with Crippen molar-refractivity contribution in [3.63, 3.8) is 0 Å². The third-order valence-corrected chi connectivity index (χ3v) is 3.47. The number of halogens is 3. The summed E-state index contributed by atoms with van der Waals surface area (Å²) < 4.78 is 3.49. The Labute approximate surface area is 149 Å². The van der Waals surface area contributed by atoms with Crippen molar-refractivity contribution in [1.29, 1.82) is 0 Å². The number of benzene rings is 1. The summed E-state index contributed by atoms with van der Waals surface area (Å²) in [5, 5.41) is 13.2. The summed E-state index contributed by atoms with van der Waals surface area (Å²) in [5.41, 5.74) is -0.167. The summed E-state index contributed by atoms with van der Waals surface area (Å²) in [6.07, 6.45) is 1.63. The van der Waals surface area contributed by atoms with E-state index in [1.807, 2.05) is 6.92 Å². The monoisotopic (exact) mass is 382 g/mol. The van der Waals surface area contributed by atoms with Crippen molar-refractivity contribution in [2.24, 2.45) is 0 Å². The predicted octanol–water partition coefficient (Wildman–Crippen LogP) is 4.37. The Balaban J connectivity index is 2.77. The molecule has 0 aliphatic carbocycles. The molecule has 1 amide bonds. The van der Waals surface area contributed by atoms with Gasteiger partial charge in [0, 0.05) is 12.5 Å². The fourth-order valence-corrected chi connectivity index (χ4v) is 2.04. The van der Waals surface area contributed by atoms with Gasteiger partial charge in [-0.2, -0.15) is 0 Å². The minimum atomic E-state index is -1.93. The molecule has 0 saturated heterocycles. The van der Waals surface area contributed by atoms with Gasteiger partial charge in [0.25, 0.3) is 5.69 Å². The largest absolute Gasteiger partial charge is 0.466 e. The molecule has 0 aromatic heterocycles. The number of hydrogen-bond acceptors (Lipinski definition) is 4. The minimum absolute atomic E-state index is 0.115. The molecule has 1 aromatic carbocycles. The Morgan fingerprint density at radius 3 is 2.65 bits per heavy atom. The molecule has 6 nitrogen and oxygen atoms in total. The Hall–Kier alpha value is -1.24. The zero-order valence-electron chi connectivity index (χ0n) is 12.4. The lowest BCUT2D eigenvalue weighted by atomic mass is 10.2. The van der Waals surface area contributed by atoms with Gasteiger partial charge in [0.05, 0.1) is 11.0 Å². The number of nitro benzene ring substituents is 1. The van der Waals surface area contributed by atoms with Crippen LogP contribution in [-0.2, 0) is 4.79 Å². The highest BCUT2D eigenvalue weighted by atomic mass is 35.6. The van der Waals surface area contributed by atoms with Crippen molar-refractivity contribution in [3.05, 3.63) is 34.4 Å². The van der Waals surface area contributed by atoms with Gasteiger partial charge in [0.15, 0.2) is 0 Å². The highest BCUT2D eigenvalue weighted by Gasteiger charge is 2.36. The smallest absolute Gasteiger partial charge is 0.273 e. The molecule has 0 fully saturated rings. The van der Waals surface area contributed by atoms with Gasteiger partial charge >= 0.3 is 0 Å². The van der Waals surface area contributed by atoms with E-state index in [4.69, 9.17) is 39.5 Å². The molecule has 0 aliphatic heterocycles. The van der Waals surface area contributed by atoms with E-state index in [1.165, 1.54) is 24.3 Å². The molecule has 0 spiro atoms. The Kier molecular flexibility index (Phi) is 7.88. The topological polar surface area (TPSA) is 81.5 Å². The van der Waals surface area contributed by atoms with Gasteiger partial charge in [0.1, 0.15) is 5.75 Å². The summed E-state index contributed by atoms with van der Waals surface area (Å²) in [4.78, 5) is 22.1. The van der Waals surface area contributed by atoms with Crippen molar-refractivity contribution < 1.29 is 14.5 Å². The Morgan fingerprint density at radius 1 is 1.39 bits per heavy atom. The van der Waals surface area contributed by atoms with Crippen LogP contribution in [0.1, 0.15) is 32.6 Å². The second-order valence-electron chi connectivity index (χ2n) is 4.82. The Bertz CT molecular complexity index is 549. The van der Waals surface area contributed by atoms with Gasteiger partial charge in [-0.1, -0.05) is 60.6 Å². The van der Waals surface area contributed by atoms with Crippen molar-refractivity contribution in [1.82, 2.24) is 5.32 Å². The lowest BCUT2D eigenvalue weighted by molar-refractivity contribution is -0.384. The fraction of sp³-hybridized carbons (Fsp3) is 0.500. The van der Waals surface area contributed by atoms with E-state index in [1.54, 1.807) is 0 Å². The zero-order valence-corrected chi connectivity index (χ0v) is 14.7. The maximum absolute atomic E-state index is 11.9. The number of nitrogens with zero attached hydrogens (tertiary/aromatic N) is 1. The normalized spacial score (nSPS) is 12.5. The number of nitro groups is 1. The SMILES string of the molecule is CCCCCC(=O)N[C@H](Oc1cccc([N+](=O)[O-])c1)C(Cl)(Cl)Cl. The molecule has 0 unspecified atom stereocenters. The van der Waals surface area contributed by atoms with Crippen LogP contribution in [0.15, 0.2) is 24.3 Å². The van der Waals surface area contributed by atoms with Gasteiger partial charge in [0.2, 0.25) is 15.9 Å².